The third-order valence-corrected chi connectivity index (χ3v) is 5.75. The average Bonchev–Trinajstić information content (AvgIpc) is 2.91. The standard InChI is InChI=1S/C28H30O6/c1-30-28-27(33-20-23-15-9-4-10-16-23)26(32-19-22-13-7-3-8-14-22)25(24(17-29)34-28)31-18-21-11-5-2-6-12-21/h2-17,24-28H,18-20H2,1H3/t24-,25-,26-,27-,28+/m1/s1. The molecule has 0 unspecified atom stereocenters. The Morgan fingerprint density at radius 1 is 0.647 bits per heavy atom. The fraction of sp³-hybridized carbons (Fsp3) is 0.321. The Kier molecular flexibility index (Phi) is 8.96. The van der Waals surface area contributed by atoms with Crippen molar-refractivity contribution in [2.24, 2.45) is 0 Å². The highest BCUT2D eigenvalue weighted by molar-refractivity contribution is 5.57. The Bertz CT molecular complexity index is 982. The summed E-state index contributed by atoms with van der Waals surface area (Å²) in [4.78, 5) is 12.0. The zero-order chi connectivity index (χ0) is 23.6. The molecule has 6 nitrogen and oxygen atoms in total. The van der Waals surface area contributed by atoms with Gasteiger partial charge in [0.25, 0.3) is 0 Å². The van der Waals surface area contributed by atoms with Crippen LogP contribution in [-0.4, -0.2) is 44.1 Å². The molecular formula is C28H30O6. The highest BCUT2D eigenvalue weighted by atomic mass is 16.7. The van der Waals surface area contributed by atoms with Gasteiger partial charge in [0.05, 0.1) is 19.8 Å². The Labute approximate surface area is 200 Å². The van der Waals surface area contributed by atoms with Crippen molar-refractivity contribution >= 4 is 6.29 Å². The molecule has 3 aromatic carbocycles. The van der Waals surface area contributed by atoms with Crippen molar-refractivity contribution in [1.29, 1.82) is 0 Å². The lowest BCUT2D eigenvalue weighted by Gasteiger charge is -2.44. The van der Waals surface area contributed by atoms with E-state index in [2.05, 4.69) is 0 Å². The quantitative estimate of drug-likeness (QED) is 0.396. The van der Waals surface area contributed by atoms with Crippen LogP contribution in [0.5, 0.6) is 0 Å². The van der Waals surface area contributed by atoms with Crippen LogP contribution in [0.25, 0.3) is 0 Å². The molecule has 0 radical (unpaired) electrons. The zero-order valence-electron chi connectivity index (χ0n) is 19.2. The number of rotatable bonds is 11. The highest BCUT2D eigenvalue weighted by Crippen LogP contribution is 2.30. The largest absolute Gasteiger partial charge is 0.368 e. The number of benzene rings is 3. The summed E-state index contributed by atoms with van der Waals surface area (Å²) in [5.74, 6) is 0. The van der Waals surface area contributed by atoms with E-state index in [1.165, 1.54) is 7.11 Å². The molecule has 0 saturated carbocycles. The monoisotopic (exact) mass is 462 g/mol. The number of hydrogen-bond acceptors (Lipinski definition) is 6. The van der Waals surface area contributed by atoms with E-state index in [0.717, 1.165) is 23.0 Å². The van der Waals surface area contributed by atoms with Gasteiger partial charge in [0.2, 0.25) is 0 Å². The van der Waals surface area contributed by atoms with Crippen molar-refractivity contribution in [3.63, 3.8) is 0 Å². The maximum atomic E-state index is 12.0. The normalized spacial score (nSPS) is 24.6. The van der Waals surface area contributed by atoms with Crippen LogP contribution in [0.3, 0.4) is 0 Å². The van der Waals surface area contributed by atoms with Gasteiger partial charge in [-0.2, -0.15) is 0 Å². The first kappa shape index (κ1) is 24.3. The third-order valence-electron chi connectivity index (χ3n) is 5.75. The number of aldehydes is 1. The van der Waals surface area contributed by atoms with E-state index in [1.807, 2.05) is 91.0 Å². The average molecular weight is 463 g/mol. The molecule has 6 heteroatoms. The Morgan fingerprint density at radius 2 is 1.06 bits per heavy atom. The number of carbonyl (C=O) groups is 1. The van der Waals surface area contributed by atoms with Crippen molar-refractivity contribution in [3.05, 3.63) is 108 Å². The van der Waals surface area contributed by atoms with E-state index in [0.29, 0.717) is 19.8 Å². The minimum Gasteiger partial charge on any atom is -0.368 e. The number of ether oxygens (including phenoxy) is 5. The Morgan fingerprint density at radius 3 is 1.47 bits per heavy atom. The molecule has 0 aromatic heterocycles. The smallest absolute Gasteiger partial charge is 0.187 e. The van der Waals surface area contributed by atoms with Gasteiger partial charge in [-0.3, -0.25) is 0 Å². The van der Waals surface area contributed by atoms with Crippen LogP contribution < -0.4 is 0 Å². The molecule has 0 bridgehead atoms. The van der Waals surface area contributed by atoms with Gasteiger partial charge in [-0.1, -0.05) is 91.0 Å². The Balaban J connectivity index is 1.57. The van der Waals surface area contributed by atoms with Crippen LogP contribution >= 0.6 is 0 Å². The second kappa shape index (κ2) is 12.6. The summed E-state index contributed by atoms with van der Waals surface area (Å²) in [5, 5.41) is 0. The molecule has 0 amide bonds. The zero-order valence-corrected chi connectivity index (χ0v) is 19.2. The van der Waals surface area contributed by atoms with Crippen LogP contribution in [0, 0.1) is 0 Å². The van der Waals surface area contributed by atoms with Crippen molar-refractivity contribution in [2.75, 3.05) is 7.11 Å². The molecule has 1 heterocycles. The van der Waals surface area contributed by atoms with Gasteiger partial charge in [0.1, 0.15) is 24.4 Å². The van der Waals surface area contributed by atoms with E-state index in [9.17, 15) is 4.79 Å². The van der Waals surface area contributed by atoms with Gasteiger partial charge in [-0.25, -0.2) is 0 Å². The van der Waals surface area contributed by atoms with E-state index in [-0.39, 0.29) is 0 Å². The first-order chi connectivity index (χ1) is 16.8. The van der Waals surface area contributed by atoms with Gasteiger partial charge in [-0.05, 0) is 16.7 Å². The minimum atomic E-state index is -0.856. The molecule has 0 spiro atoms. The summed E-state index contributed by atoms with van der Waals surface area (Å²) >= 11 is 0. The second-order valence-electron chi connectivity index (χ2n) is 8.12. The molecular weight excluding hydrogens is 432 g/mol. The molecule has 178 valence electrons. The van der Waals surface area contributed by atoms with Crippen LogP contribution in [0.2, 0.25) is 0 Å². The van der Waals surface area contributed by atoms with E-state index >= 15 is 0 Å². The molecule has 0 N–H and O–H groups in total. The summed E-state index contributed by atoms with van der Waals surface area (Å²) < 4.78 is 30.4. The maximum absolute atomic E-state index is 12.0. The molecule has 0 aliphatic carbocycles. The number of carbonyl (C=O) groups excluding carboxylic acids is 1. The first-order valence-electron chi connectivity index (χ1n) is 11.4. The van der Waals surface area contributed by atoms with Crippen LogP contribution in [0.1, 0.15) is 16.7 Å². The molecule has 1 saturated heterocycles. The molecule has 4 rings (SSSR count). The Hall–Kier alpha value is -2.87. The lowest BCUT2D eigenvalue weighted by atomic mass is 9.98. The van der Waals surface area contributed by atoms with Crippen molar-refractivity contribution in [1.82, 2.24) is 0 Å². The van der Waals surface area contributed by atoms with E-state index in [1.54, 1.807) is 0 Å². The van der Waals surface area contributed by atoms with Gasteiger partial charge in [0.15, 0.2) is 12.6 Å². The minimum absolute atomic E-state index is 0.313. The lowest BCUT2D eigenvalue weighted by Crippen LogP contribution is -2.61. The lowest BCUT2D eigenvalue weighted by molar-refractivity contribution is -0.309. The van der Waals surface area contributed by atoms with Gasteiger partial charge < -0.3 is 28.5 Å². The highest BCUT2D eigenvalue weighted by Gasteiger charge is 2.48. The fourth-order valence-corrected chi connectivity index (χ4v) is 3.99. The molecule has 34 heavy (non-hydrogen) atoms. The third kappa shape index (κ3) is 6.38. The maximum Gasteiger partial charge on any atom is 0.187 e. The number of hydrogen-bond donors (Lipinski definition) is 0. The predicted molar refractivity (Wildman–Crippen MR) is 127 cm³/mol. The van der Waals surface area contributed by atoms with E-state index < -0.39 is 30.7 Å². The molecule has 3 aromatic rings. The fourth-order valence-electron chi connectivity index (χ4n) is 3.99. The molecule has 1 aliphatic rings. The number of methoxy groups -OCH3 is 1. The molecule has 5 atom stereocenters. The summed E-state index contributed by atoms with van der Waals surface area (Å²) in [7, 11) is 1.53. The summed E-state index contributed by atoms with van der Waals surface area (Å²) in [6.07, 6.45) is -2.77. The van der Waals surface area contributed by atoms with Crippen LogP contribution in [0.15, 0.2) is 91.0 Å². The summed E-state index contributed by atoms with van der Waals surface area (Å²) in [6, 6.07) is 29.5. The van der Waals surface area contributed by atoms with Crippen LogP contribution in [0.4, 0.5) is 0 Å². The second-order valence-corrected chi connectivity index (χ2v) is 8.12. The van der Waals surface area contributed by atoms with Gasteiger partial charge >= 0.3 is 0 Å². The van der Waals surface area contributed by atoms with Crippen molar-refractivity contribution in [2.45, 2.75) is 50.5 Å². The molecule has 1 aliphatic heterocycles. The van der Waals surface area contributed by atoms with Gasteiger partial charge in [0, 0.05) is 7.11 Å². The molecule has 1 fully saturated rings. The predicted octanol–water partition coefficient (Wildman–Crippen LogP) is 4.31. The SMILES string of the molecule is CO[C@H]1O[C@H](C=O)[C@@H](OCc2ccccc2)[C@@H](OCc2ccccc2)[C@H]1OCc1ccccc1. The first-order valence-corrected chi connectivity index (χ1v) is 11.4. The van der Waals surface area contributed by atoms with Crippen LogP contribution in [-0.2, 0) is 48.3 Å². The summed E-state index contributed by atoms with van der Waals surface area (Å²) in [6.45, 7) is 0.994. The summed E-state index contributed by atoms with van der Waals surface area (Å²) in [5.41, 5.74) is 3.01. The van der Waals surface area contributed by atoms with Crippen molar-refractivity contribution < 1.29 is 28.5 Å². The van der Waals surface area contributed by atoms with E-state index in [4.69, 9.17) is 23.7 Å². The van der Waals surface area contributed by atoms with Crippen molar-refractivity contribution in [3.8, 4) is 0 Å². The van der Waals surface area contributed by atoms with Gasteiger partial charge in [-0.15, -0.1) is 0 Å². The topological polar surface area (TPSA) is 63.2 Å².